The highest BCUT2D eigenvalue weighted by Gasteiger charge is 2.62. The number of hydrogen-bond acceptors (Lipinski definition) is 9. The second-order valence-corrected chi connectivity index (χ2v) is 16.3. The number of carbonyl (C=O) groups excluding carboxylic acids is 3. The van der Waals surface area contributed by atoms with Crippen molar-refractivity contribution in [1.82, 2.24) is 30.2 Å². The first kappa shape index (κ1) is 35.8. The third-order valence-electron chi connectivity index (χ3n) is 10.4. The Bertz CT molecular complexity index is 2270. The number of nitrogens with zero attached hydrogens (tertiary/aromatic N) is 3. The Kier molecular flexibility index (Phi) is 9.01. The van der Waals surface area contributed by atoms with E-state index in [0.29, 0.717) is 42.3 Å². The lowest BCUT2D eigenvalue weighted by Gasteiger charge is -2.26. The van der Waals surface area contributed by atoms with E-state index in [1.54, 1.807) is 24.3 Å². The number of sulfonamides is 1. The van der Waals surface area contributed by atoms with E-state index in [2.05, 4.69) is 25.3 Å². The lowest BCUT2D eigenvalue weighted by atomic mass is 10.1. The van der Waals surface area contributed by atoms with Crippen LogP contribution in [0.3, 0.4) is 0 Å². The Morgan fingerprint density at radius 1 is 1.04 bits per heavy atom. The highest BCUT2D eigenvalue weighted by Crippen LogP contribution is 2.46. The predicted octanol–water partition coefficient (Wildman–Crippen LogP) is 5.21. The molecule has 4 atom stereocenters. The number of halogens is 3. The molecule has 3 N–H and O–H groups in total. The summed E-state index contributed by atoms with van der Waals surface area (Å²) in [5, 5.41) is 5.67. The molecule has 0 unspecified atom stereocenters. The number of carbonyl (C=O) groups is 3. The Hall–Kier alpha value is -5.19. The fraction of sp³-hybridized carbons (Fsp3) is 0.432. The van der Waals surface area contributed by atoms with Crippen LogP contribution in [0, 0.1) is 5.92 Å². The molecular formula is C37H37F3N6O7S. The van der Waals surface area contributed by atoms with Gasteiger partial charge in [-0.1, -0.05) is 42.8 Å². The number of alkyl halides is 3. The lowest BCUT2D eigenvalue weighted by molar-refractivity contribution is -0.137. The fourth-order valence-corrected chi connectivity index (χ4v) is 8.55. The van der Waals surface area contributed by atoms with Crippen molar-refractivity contribution < 1.29 is 45.1 Å². The average molecular weight is 767 g/mol. The maximum Gasteiger partial charge on any atom is 0.416 e. The zero-order valence-electron chi connectivity index (χ0n) is 28.9. The van der Waals surface area contributed by atoms with E-state index in [9.17, 15) is 36.0 Å². The van der Waals surface area contributed by atoms with Gasteiger partial charge in [-0.3, -0.25) is 14.3 Å². The van der Waals surface area contributed by atoms with E-state index in [0.717, 1.165) is 31.4 Å². The molecule has 2 saturated carbocycles. The Morgan fingerprint density at radius 2 is 1.81 bits per heavy atom. The van der Waals surface area contributed by atoms with Gasteiger partial charge >= 0.3 is 12.2 Å². The second kappa shape index (κ2) is 13.6. The number of nitrogens with one attached hydrogen (secondary N) is 3. The van der Waals surface area contributed by atoms with E-state index in [1.807, 2.05) is 12.2 Å². The summed E-state index contributed by atoms with van der Waals surface area (Å²) >= 11 is 0. The summed E-state index contributed by atoms with van der Waals surface area (Å²) in [5.74, 6) is -1.87. The minimum Gasteiger partial charge on any atom is -0.470 e. The molecule has 54 heavy (non-hydrogen) atoms. The Balaban J connectivity index is 1.11. The number of fused-ring (bicyclic) bond motifs is 5. The van der Waals surface area contributed by atoms with Crippen molar-refractivity contribution in [2.75, 3.05) is 13.1 Å². The van der Waals surface area contributed by atoms with Crippen LogP contribution in [0.1, 0.15) is 56.9 Å². The molecule has 0 radical (unpaired) electrons. The first-order valence-electron chi connectivity index (χ1n) is 18.0. The second-order valence-electron chi connectivity index (χ2n) is 14.3. The van der Waals surface area contributed by atoms with E-state index >= 15 is 0 Å². The van der Waals surface area contributed by atoms with Gasteiger partial charge in [-0.25, -0.2) is 18.2 Å². The largest absolute Gasteiger partial charge is 0.470 e. The molecule has 2 aromatic carbocycles. The third-order valence-corrected chi connectivity index (χ3v) is 12.2. The molecule has 0 spiro atoms. The number of furan rings is 1. The molecule has 3 fully saturated rings. The summed E-state index contributed by atoms with van der Waals surface area (Å²) < 4.78 is 80.2. The van der Waals surface area contributed by atoms with Crippen LogP contribution in [0.5, 0.6) is 5.88 Å². The normalized spacial score (nSPS) is 25.2. The van der Waals surface area contributed by atoms with Gasteiger partial charge in [-0.2, -0.15) is 18.2 Å². The number of para-hydroxylation sites is 1. The van der Waals surface area contributed by atoms with E-state index in [4.69, 9.17) is 9.15 Å². The van der Waals surface area contributed by atoms with Crippen molar-refractivity contribution in [1.29, 1.82) is 0 Å². The zero-order valence-corrected chi connectivity index (χ0v) is 29.7. The standard InChI is InChI=1S/C37H37F3N6O7S/c38-37(39,40)22-13-11-21(12-14-22)31-42-29-26-9-5-6-10-28(26)53-30(29)33(43-31)52-24-18-27-32(47)44-36(34(48)45-54(50,51)25-15-16-25)19-23(36)8-4-2-1-3-7-17-41-35(49)46(27)20-24/h4-6,8-14,23-25,27H,1-3,7,15-20H2,(H,41,49)(H,44,47)(H,45,48)/t23-,24-,27+,36-/m1/s1. The van der Waals surface area contributed by atoms with Crippen molar-refractivity contribution in [3.63, 3.8) is 0 Å². The highest BCUT2D eigenvalue weighted by atomic mass is 32.2. The summed E-state index contributed by atoms with van der Waals surface area (Å²) in [6.07, 6.45) is 2.59. The van der Waals surface area contributed by atoms with Gasteiger partial charge in [0.15, 0.2) is 5.82 Å². The molecule has 8 rings (SSSR count). The van der Waals surface area contributed by atoms with E-state index < -0.39 is 68.5 Å². The van der Waals surface area contributed by atoms with Crippen LogP contribution in [-0.4, -0.2) is 77.2 Å². The summed E-state index contributed by atoms with van der Waals surface area (Å²) in [5.41, 5.74) is -1.06. The summed E-state index contributed by atoms with van der Waals surface area (Å²) in [7, 11) is -3.90. The number of rotatable bonds is 6. The molecule has 2 aliphatic heterocycles. The van der Waals surface area contributed by atoms with Crippen molar-refractivity contribution in [2.24, 2.45) is 5.92 Å². The maximum absolute atomic E-state index is 14.1. The molecule has 284 valence electrons. The van der Waals surface area contributed by atoms with Gasteiger partial charge in [0.1, 0.15) is 28.8 Å². The lowest BCUT2D eigenvalue weighted by Crippen LogP contribution is -2.57. The molecular weight excluding hydrogens is 730 g/mol. The average Bonchev–Trinajstić information content (AvgIpc) is 4.04. The first-order valence-corrected chi connectivity index (χ1v) is 19.5. The van der Waals surface area contributed by atoms with Crippen molar-refractivity contribution in [3.05, 3.63) is 66.2 Å². The number of hydrogen-bond donors (Lipinski definition) is 3. The van der Waals surface area contributed by atoms with Gasteiger partial charge in [0.2, 0.25) is 21.5 Å². The van der Waals surface area contributed by atoms with Crippen molar-refractivity contribution >= 4 is 49.9 Å². The molecule has 4 aromatic rings. The van der Waals surface area contributed by atoms with E-state index in [-0.39, 0.29) is 42.2 Å². The minimum absolute atomic E-state index is 0.0286. The molecule has 4 amide bonds. The topological polar surface area (TPSA) is 173 Å². The molecule has 2 aromatic heterocycles. The smallest absolute Gasteiger partial charge is 0.416 e. The van der Waals surface area contributed by atoms with Crippen molar-refractivity contribution in [3.8, 4) is 17.3 Å². The van der Waals surface area contributed by atoms with Crippen molar-refractivity contribution in [2.45, 2.75) is 80.5 Å². The number of benzene rings is 2. The molecule has 4 heterocycles. The number of ether oxygens (including phenoxy) is 1. The number of urea groups is 1. The predicted molar refractivity (Wildman–Crippen MR) is 189 cm³/mol. The van der Waals surface area contributed by atoms with Gasteiger partial charge in [-0.15, -0.1) is 0 Å². The molecule has 17 heteroatoms. The molecule has 1 saturated heterocycles. The molecule has 0 bridgehead atoms. The van der Waals surface area contributed by atoms with Crippen LogP contribution >= 0.6 is 0 Å². The Labute approximate surface area is 307 Å². The van der Waals surface area contributed by atoms with Crippen LogP contribution in [-0.2, 0) is 25.8 Å². The highest BCUT2D eigenvalue weighted by molar-refractivity contribution is 7.91. The van der Waals surface area contributed by atoms with Crippen LogP contribution < -0.4 is 20.1 Å². The Morgan fingerprint density at radius 3 is 2.57 bits per heavy atom. The van der Waals surface area contributed by atoms with Gasteiger partial charge in [0.05, 0.1) is 17.4 Å². The molecule has 2 aliphatic carbocycles. The molecule has 13 nitrogen and oxygen atoms in total. The minimum atomic E-state index is -4.54. The van der Waals surface area contributed by atoms with Gasteiger partial charge in [-0.05, 0) is 62.8 Å². The van der Waals surface area contributed by atoms with Gasteiger partial charge in [0, 0.05) is 29.8 Å². The zero-order chi connectivity index (χ0) is 37.8. The SMILES string of the molecule is O=C1N[C@]2(C(=O)NS(=O)(=O)C3CC3)C[C@H]2C=CCCCCCNC(=O)N2C[C@H](Oc3nc(-c4ccc(C(F)(F)F)cc4)nc4c3oc3ccccc34)C[C@@H]12. The van der Waals surface area contributed by atoms with Crippen LogP contribution in [0.15, 0.2) is 65.1 Å². The maximum atomic E-state index is 14.1. The quantitative estimate of drug-likeness (QED) is 0.223. The first-order chi connectivity index (χ1) is 25.8. The summed E-state index contributed by atoms with van der Waals surface area (Å²) in [6.45, 7) is 0.304. The van der Waals surface area contributed by atoms with E-state index in [1.165, 1.54) is 17.0 Å². The fourth-order valence-electron chi connectivity index (χ4n) is 7.18. The monoisotopic (exact) mass is 766 g/mol. The molecule has 4 aliphatic rings. The van der Waals surface area contributed by atoms with Gasteiger partial charge < -0.3 is 24.7 Å². The summed E-state index contributed by atoms with van der Waals surface area (Å²) in [4.78, 5) is 51.8. The van der Waals surface area contributed by atoms with Crippen LogP contribution in [0.25, 0.3) is 33.5 Å². The third kappa shape index (κ3) is 6.96. The number of aromatic nitrogens is 2. The number of amides is 4. The summed E-state index contributed by atoms with van der Waals surface area (Å²) in [6, 6.07) is 9.82. The number of allylic oxidation sites excluding steroid dienone is 1. The van der Waals surface area contributed by atoms with Crippen LogP contribution in [0.2, 0.25) is 0 Å². The van der Waals surface area contributed by atoms with Gasteiger partial charge in [0.25, 0.3) is 11.8 Å². The van der Waals surface area contributed by atoms with Crippen LogP contribution in [0.4, 0.5) is 18.0 Å².